The summed E-state index contributed by atoms with van der Waals surface area (Å²) in [6, 6.07) is -8.08. The van der Waals surface area contributed by atoms with Gasteiger partial charge in [-0.05, 0) is 144 Å². The molecular formula is C94H147ClF2N16O16. The van der Waals surface area contributed by atoms with Crippen molar-refractivity contribution in [3.05, 3.63) is 59.4 Å². The molecule has 0 spiro atoms. The van der Waals surface area contributed by atoms with Crippen molar-refractivity contribution >= 4 is 111 Å². The average molecular weight is 1830 g/mol. The standard InChI is InChI=1S/C94H147ClF2N16O16/c1-25-66-90(125)105(18)52-75(118)106(19)67(47-53(3)4)87(122)104-79(57(11)12)93(128)107(20)68(48-54(5)6)86(121)99-60(16)85(120)100-61(17)89(124)108(21)69(49-55(7)8)91(126)109(22)70(50-56(9)10)92(127)110(23)81(58(13)14)94(129)111(24)82(88(123)101-66)83(119)59(15)35-32-41-73(116)98-42-31-29-27-28-30-36-62(114)37-33-40-72-102-80-63(84(103-72)113-45-43-112(44-46-113)74(117)26-2)51-64(95)76(78(80)97)77-65(96)38-34-39-71(77)115/h26,34,38-39,51,53-61,66-70,79,81-83,115,119H,2,25,27-33,35-37,40-50,52H2,1,3-24H3,(H,98,116)(H,99,121)(H,100,120)(H,101,123)(H,104,122)/t59-,60+,61-,66+,67+,68+,69+,70+,79+,81+,82+,83-/m1/s1. The van der Waals surface area contributed by atoms with E-state index in [9.17, 15) is 58.2 Å². The molecule has 0 saturated carbocycles. The lowest BCUT2D eigenvalue weighted by molar-refractivity contribution is -0.157. The number of piperazine rings is 1. The van der Waals surface area contributed by atoms with Gasteiger partial charge in [0.2, 0.25) is 76.8 Å². The van der Waals surface area contributed by atoms with Gasteiger partial charge in [0, 0.05) is 119 Å². The Bertz CT molecular complexity index is 4390. The number of phenolic OH excluding ortho intramolecular Hbond substituents is 1. The minimum Gasteiger partial charge on any atom is -0.507 e. The van der Waals surface area contributed by atoms with E-state index in [1.54, 1.807) is 46.4 Å². The molecule has 2 fully saturated rings. The van der Waals surface area contributed by atoms with Crippen LogP contribution in [0, 0.1) is 53.1 Å². The zero-order chi connectivity index (χ0) is 97.2. The Balaban J connectivity index is 1.35. The van der Waals surface area contributed by atoms with Crippen LogP contribution < -0.4 is 31.5 Å². The number of unbranched alkanes of at least 4 members (excludes halogenated alkanes) is 4. The SMILES string of the molecule is C=CC(=O)N1CCN(c2nc(CCCC(=O)CCCCCCCNC(=O)CCC[C@@H](C)[C@@H](O)[C@H]3C(=O)N[C@@H](CC)C(=O)N(C)CC(=O)N(C)[C@@H](CC(C)C)C(=O)N[C@@H](C(C)C)C(=O)N(C)[C@@H](CC(C)C)C(=O)N[C@@H](C)C(=O)N[C@H](C)C(=O)N(C)[C@@H](CC(C)C)C(=O)N(C)[C@@H](CC(C)C)C(=O)N(C)[C@@H](C(C)C)C(=O)N3C)nc3c(F)c(-c4c(O)cccc4F)c(Cl)cc23)CC1. The fourth-order valence-corrected chi connectivity index (χ4v) is 16.9. The minimum atomic E-state index is -1.77. The number of rotatable bonds is 32. The van der Waals surface area contributed by atoms with E-state index in [0.717, 1.165) is 35.1 Å². The van der Waals surface area contributed by atoms with Crippen LogP contribution in [-0.2, 0) is 73.5 Å². The van der Waals surface area contributed by atoms with Gasteiger partial charge in [0.25, 0.3) is 0 Å². The quantitative estimate of drug-likeness (QED) is 0.0227. The van der Waals surface area contributed by atoms with E-state index in [1.165, 1.54) is 112 Å². The van der Waals surface area contributed by atoms with Crippen molar-refractivity contribution in [2.24, 2.45) is 41.4 Å². The molecule has 720 valence electrons. The minimum absolute atomic E-state index is 0.0144. The third-order valence-corrected chi connectivity index (χ3v) is 24.7. The van der Waals surface area contributed by atoms with Gasteiger partial charge in [-0.3, -0.25) is 67.1 Å². The number of nitrogens with zero attached hydrogens (tertiary/aromatic N) is 11. The number of benzene rings is 2. The molecule has 0 bridgehead atoms. The van der Waals surface area contributed by atoms with Crippen molar-refractivity contribution in [1.29, 1.82) is 0 Å². The molecule has 2 aliphatic rings. The smallest absolute Gasteiger partial charge is 0.246 e. The van der Waals surface area contributed by atoms with Gasteiger partial charge in [-0.2, -0.15) is 0 Å². The van der Waals surface area contributed by atoms with E-state index < -0.39 is 179 Å². The average Bonchev–Trinajstić information content (AvgIpc) is 0.746. The van der Waals surface area contributed by atoms with E-state index in [4.69, 9.17) is 16.6 Å². The van der Waals surface area contributed by atoms with E-state index in [-0.39, 0.29) is 133 Å². The van der Waals surface area contributed by atoms with Crippen LogP contribution >= 0.6 is 11.6 Å². The maximum absolute atomic E-state index is 16.7. The van der Waals surface area contributed by atoms with E-state index in [2.05, 4.69) is 38.1 Å². The number of phenols is 1. The predicted octanol–water partition coefficient (Wildman–Crippen LogP) is 8.60. The van der Waals surface area contributed by atoms with Gasteiger partial charge in [-0.1, -0.05) is 140 Å². The van der Waals surface area contributed by atoms with Crippen LogP contribution in [-0.4, -0.2) is 297 Å². The van der Waals surface area contributed by atoms with Gasteiger partial charge >= 0.3 is 0 Å². The number of nitrogens with one attached hydrogen (secondary N) is 5. The van der Waals surface area contributed by atoms with E-state index in [1.807, 2.05) is 60.3 Å². The highest BCUT2D eigenvalue weighted by atomic mass is 35.5. The van der Waals surface area contributed by atoms with Crippen molar-refractivity contribution in [3.63, 3.8) is 0 Å². The number of carbonyl (C=O) groups excluding carboxylic acids is 14. The van der Waals surface area contributed by atoms with Crippen molar-refractivity contribution < 1.29 is 86.1 Å². The zero-order valence-corrected chi connectivity index (χ0v) is 81.2. The number of aromatic hydroxyl groups is 1. The van der Waals surface area contributed by atoms with Crippen LogP contribution in [0.4, 0.5) is 14.6 Å². The molecule has 2 saturated heterocycles. The third kappa shape index (κ3) is 30.3. The Hall–Kier alpha value is -9.99. The molecule has 0 radical (unpaired) electrons. The van der Waals surface area contributed by atoms with Gasteiger partial charge in [0.05, 0.1) is 23.2 Å². The lowest BCUT2D eigenvalue weighted by atomic mass is 9.90. The molecule has 2 aliphatic heterocycles. The fourth-order valence-electron chi connectivity index (χ4n) is 16.6. The number of aryl methyl sites for hydroxylation is 1. The Morgan fingerprint density at radius 1 is 0.566 bits per heavy atom. The summed E-state index contributed by atoms with van der Waals surface area (Å²) in [5.41, 5.74) is -0.936. The number of halogens is 3. The molecule has 5 rings (SSSR count). The summed E-state index contributed by atoms with van der Waals surface area (Å²) < 4.78 is 32.0. The molecule has 3 aromatic rings. The first-order valence-electron chi connectivity index (χ1n) is 45.8. The molecule has 1 aromatic heterocycles. The lowest BCUT2D eigenvalue weighted by Crippen LogP contribution is -2.63. The first-order chi connectivity index (χ1) is 60.4. The Morgan fingerprint density at radius 2 is 1.09 bits per heavy atom. The second-order valence-corrected chi connectivity index (χ2v) is 37.9. The molecule has 12 atom stereocenters. The van der Waals surface area contributed by atoms with Crippen LogP contribution in [0.1, 0.15) is 219 Å². The molecule has 7 N–H and O–H groups in total. The number of aliphatic hydroxyl groups excluding tert-OH is 1. The monoisotopic (exact) mass is 1830 g/mol. The largest absolute Gasteiger partial charge is 0.507 e. The Morgan fingerprint density at radius 3 is 1.64 bits per heavy atom. The molecule has 35 heteroatoms. The van der Waals surface area contributed by atoms with E-state index in [0.29, 0.717) is 64.2 Å². The summed E-state index contributed by atoms with van der Waals surface area (Å²) in [7, 11) is 9.70. The third-order valence-electron chi connectivity index (χ3n) is 24.4. The predicted molar refractivity (Wildman–Crippen MR) is 492 cm³/mol. The number of hydrogen-bond acceptors (Lipinski definition) is 19. The molecule has 13 amide bonds. The van der Waals surface area contributed by atoms with Crippen LogP contribution in [0.3, 0.4) is 0 Å². The molecule has 0 aliphatic carbocycles. The molecule has 32 nitrogen and oxygen atoms in total. The van der Waals surface area contributed by atoms with Crippen LogP contribution in [0.15, 0.2) is 36.9 Å². The van der Waals surface area contributed by atoms with Gasteiger partial charge in [0.1, 0.15) is 94.9 Å². The summed E-state index contributed by atoms with van der Waals surface area (Å²) >= 11 is 6.65. The van der Waals surface area contributed by atoms with E-state index >= 15 is 28.0 Å². The zero-order valence-electron chi connectivity index (χ0n) is 80.4. The van der Waals surface area contributed by atoms with Gasteiger partial charge in [-0.25, -0.2) is 18.7 Å². The van der Waals surface area contributed by atoms with Crippen molar-refractivity contribution in [3.8, 4) is 16.9 Å². The highest BCUT2D eigenvalue weighted by molar-refractivity contribution is 6.34. The second-order valence-electron chi connectivity index (χ2n) is 37.5. The summed E-state index contributed by atoms with van der Waals surface area (Å²) in [4.78, 5) is 223. The van der Waals surface area contributed by atoms with Crippen molar-refractivity contribution in [2.45, 2.75) is 286 Å². The van der Waals surface area contributed by atoms with Crippen LogP contribution in [0.2, 0.25) is 5.02 Å². The normalized spacial score (nSPS) is 22.3. The summed E-state index contributed by atoms with van der Waals surface area (Å²) in [6.45, 7) is 32.3. The van der Waals surface area contributed by atoms with Gasteiger partial charge in [-0.15, -0.1) is 0 Å². The molecular weight excluding hydrogens is 1680 g/mol. The number of aliphatic hydroxyl groups is 1. The van der Waals surface area contributed by atoms with Crippen molar-refractivity contribution in [1.82, 2.24) is 75.8 Å². The maximum Gasteiger partial charge on any atom is 0.246 e. The summed E-state index contributed by atoms with van der Waals surface area (Å²) in [5, 5.41) is 37.3. The highest BCUT2D eigenvalue weighted by Gasteiger charge is 2.47. The van der Waals surface area contributed by atoms with Crippen LogP contribution in [0.25, 0.3) is 22.0 Å². The Kier molecular flexibility index (Phi) is 43.3. The number of likely N-dealkylation sites (N-methyl/N-ethyl adjacent to an activating group) is 7. The summed E-state index contributed by atoms with van der Waals surface area (Å²) in [5.74, 6) is -13.1. The molecule has 0 unspecified atom stereocenters. The first-order valence-corrected chi connectivity index (χ1v) is 46.2. The number of fused-ring (bicyclic) bond motifs is 1. The number of Topliss-reactive ketones (excluding diaryl/α,β-unsaturated/α-hetero) is 1. The van der Waals surface area contributed by atoms with Crippen molar-refractivity contribution in [2.75, 3.05) is 93.5 Å². The lowest BCUT2D eigenvalue weighted by Gasteiger charge is -2.41. The number of anilines is 1. The highest BCUT2D eigenvalue weighted by Crippen LogP contribution is 2.43. The molecule has 129 heavy (non-hydrogen) atoms. The maximum atomic E-state index is 16.7. The number of carbonyl (C=O) groups is 14. The molecule has 2 aromatic carbocycles. The van der Waals surface area contributed by atoms with Crippen LogP contribution in [0.5, 0.6) is 5.75 Å². The first kappa shape index (κ1) is 110. The Labute approximate surface area is 766 Å². The second kappa shape index (κ2) is 51.0. The topological polar surface area (TPSA) is 395 Å². The van der Waals surface area contributed by atoms with Gasteiger partial charge in [0.15, 0.2) is 5.82 Å². The number of ketones is 1. The number of aromatic nitrogens is 2. The van der Waals surface area contributed by atoms with Gasteiger partial charge < -0.3 is 80.9 Å². The number of amides is 13. The molecule has 3 heterocycles. The number of hydrogen-bond donors (Lipinski definition) is 7. The summed E-state index contributed by atoms with van der Waals surface area (Å²) in [6.07, 6.45) is 4.87. The fraction of sp³-hybridized carbons (Fsp3) is 0.681.